The number of methoxy groups -OCH3 is 1. The Morgan fingerprint density at radius 1 is 1.47 bits per heavy atom. The Morgan fingerprint density at radius 3 is 2.80 bits per heavy atom. The summed E-state index contributed by atoms with van der Waals surface area (Å²) >= 11 is 0. The van der Waals surface area contributed by atoms with E-state index >= 15 is 0 Å². The summed E-state index contributed by atoms with van der Waals surface area (Å²) in [6.45, 7) is 1.42. The van der Waals surface area contributed by atoms with Gasteiger partial charge in [0.05, 0.1) is 12.7 Å². The molecular weight excluding hydrogens is 196 g/mol. The first-order valence-corrected chi connectivity index (χ1v) is 4.53. The molecule has 0 saturated heterocycles. The van der Waals surface area contributed by atoms with Crippen LogP contribution in [0.4, 0.5) is 0 Å². The Morgan fingerprint density at radius 2 is 2.20 bits per heavy atom. The number of ketones is 2. The van der Waals surface area contributed by atoms with E-state index in [0.717, 1.165) is 0 Å². The molecule has 0 unspecified atom stereocenters. The number of hydrogen-bond acceptors (Lipinski definition) is 4. The smallest absolute Gasteiger partial charge is 0.203 e. The molecule has 0 radical (unpaired) electrons. The summed E-state index contributed by atoms with van der Waals surface area (Å²) in [6.07, 6.45) is 0. The molecule has 1 aromatic carbocycles. The standard InChI is InChI=1S/C11H10O4/c1-6(12)10-9(14-2)4-3-7-8(13)5-15-11(7)10/h3-4H,5H2,1-2H3. The van der Waals surface area contributed by atoms with Crippen LogP contribution in [0.3, 0.4) is 0 Å². The monoisotopic (exact) mass is 206 g/mol. The van der Waals surface area contributed by atoms with E-state index in [1.807, 2.05) is 0 Å². The second-order valence-corrected chi connectivity index (χ2v) is 3.29. The van der Waals surface area contributed by atoms with Crippen molar-refractivity contribution in [1.82, 2.24) is 0 Å². The zero-order valence-electron chi connectivity index (χ0n) is 8.49. The second kappa shape index (κ2) is 3.38. The molecule has 0 aliphatic carbocycles. The summed E-state index contributed by atoms with van der Waals surface area (Å²) in [4.78, 5) is 22.8. The molecule has 4 nitrogen and oxygen atoms in total. The maximum atomic E-state index is 11.4. The molecule has 2 rings (SSSR count). The second-order valence-electron chi connectivity index (χ2n) is 3.29. The summed E-state index contributed by atoms with van der Waals surface area (Å²) in [5.41, 5.74) is 0.807. The maximum Gasteiger partial charge on any atom is 0.203 e. The first-order valence-electron chi connectivity index (χ1n) is 4.53. The van der Waals surface area contributed by atoms with Gasteiger partial charge in [0.15, 0.2) is 12.4 Å². The summed E-state index contributed by atoms with van der Waals surface area (Å²) in [7, 11) is 1.48. The van der Waals surface area contributed by atoms with E-state index in [2.05, 4.69) is 0 Å². The highest BCUT2D eigenvalue weighted by Gasteiger charge is 2.28. The molecule has 0 amide bonds. The van der Waals surface area contributed by atoms with E-state index in [9.17, 15) is 9.59 Å². The number of hydrogen-bond donors (Lipinski definition) is 0. The third-order valence-corrected chi connectivity index (χ3v) is 2.34. The minimum absolute atomic E-state index is 0.00276. The van der Waals surface area contributed by atoms with Crippen molar-refractivity contribution in [2.75, 3.05) is 13.7 Å². The number of Topliss-reactive ketones (excluding diaryl/α,β-unsaturated/α-hetero) is 2. The minimum Gasteiger partial charge on any atom is -0.496 e. The van der Waals surface area contributed by atoms with E-state index in [-0.39, 0.29) is 18.2 Å². The maximum absolute atomic E-state index is 11.4. The number of carbonyl (C=O) groups is 2. The van der Waals surface area contributed by atoms with Crippen molar-refractivity contribution in [3.8, 4) is 11.5 Å². The van der Waals surface area contributed by atoms with Gasteiger partial charge < -0.3 is 9.47 Å². The molecule has 78 valence electrons. The van der Waals surface area contributed by atoms with Crippen molar-refractivity contribution in [3.63, 3.8) is 0 Å². The minimum atomic E-state index is -0.168. The fourth-order valence-corrected chi connectivity index (χ4v) is 1.65. The zero-order chi connectivity index (χ0) is 11.0. The van der Waals surface area contributed by atoms with E-state index in [0.29, 0.717) is 22.6 Å². The molecular formula is C11H10O4. The molecule has 1 aliphatic rings. The van der Waals surface area contributed by atoms with Crippen LogP contribution in [0.5, 0.6) is 11.5 Å². The van der Waals surface area contributed by atoms with E-state index in [4.69, 9.17) is 9.47 Å². The van der Waals surface area contributed by atoms with Crippen LogP contribution in [0.15, 0.2) is 12.1 Å². The highest BCUT2D eigenvalue weighted by molar-refractivity contribution is 6.09. The SMILES string of the molecule is COc1ccc2c(c1C(C)=O)OCC2=O. The van der Waals surface area contributed by atoms with Gasteiger partial charge in [0.2, 0.25) is 5.78 Å². The molecule has 0 atom stereocenters. The van der Waals surface area contributed by atoms with Crippen LogP contribution in [0, 0.1) is 0 Å². The lowest BCUT2D eigenvalue weighted by Crippen LogP contribution is -2.00. The van der Waals surface area contributed by atoms with Gasteiger partial charge in [0.25, 0.3) is 0 Å². The van der Waals surface area contributed by atoms with Crippen molar-refractivity contribution in [3.05, 3.63) is 23.3 Å². The molecule has 0 spiro atoms. The van der Waals surface area contributed by atoms with Crippen LogP contribution in [-0.2, 0) is 0 Å². The van der Waals surface area contributed by atoms with Crippen molar-refractivity contribution in [2.45, 2.75) is 6.92 Å². The van der Waals surface area contributed by atoms with Gasteiger partial charge in [0.1, 0.15) is 17.1 Å². The lowest BCUT2D eigenvalue weighted by Gasteiger charge is -2.09. The van der Waals surface area contributed by atoms with Gasteiger partial charge in [-0.15, -0.1) is 0 Å². The van der Waals surface area contributed by atoms with Gasteiger partial charge in [-0.3, -0.25) is 9.59 Å². The molecule has 4 heteroatoms. The quantitative estimate of drug-likeness (QED) is 0.687. The molecule has 15 heavy (non-hydrogen) atoms. The molecule has 0 saturated carbocycles. The number of fused-ring (bicyclic) bond motifs is 1. The van der Waals surface area contributed by atoms with Gasteiger partial charge >= 0.3 is 0 Å². The molecule has 1 heterocycles. The third-order valence-electron chi connectivity index (χ3n) is 2.34. The van der Waals surface area contributed by atoms with E-state index in [1.54, 1.807) is 12.1 Å². The number of ether oxygens (including phenoxy) is 2. The lowest BCUT2D eigenvalue weighted by molar-refractivity contribution is 0.0955. The van der Waals surface area contributed by atoms with Crippen LogP contribution < -0.4 is 9.47 Å². The van der Waals surface area contributed by atoms with Crippen molar-refractivity contribution < 1.29 is 19.1 Å². The molecule has 0 bridgehead atoms. The first kappa shape index (κ1) is 9.71. The summed E-state index contributed by atoms with van der Waals surface area (Å²) in [6, 6.07) is 3.23. The van der Waals surface area contributed by atoms with Crippen LogP contribution in [0.1, 0.15) is 27.6 Å². The zero-order valence-corrected chi connectivity index (χ0v) is 8.49. The lowest BCUT2D eigenvalue weighted by atomic mass is 10.0. The van der Waals surface area contributed by atoms with Crippen LogP contribution in [0.25, 0.3) is 0 Å². The largest absolute Gasteiger partial charge is 0.496 e. The van der Waals surface area contributed by atoms with Gasteiger partial charge in [-0.1, -0.05) is 0 Å². The van der Waals surface area contributed by atoms with Crippen molar-refractivity contribution >= 4 is 11.6 Å². The number of rotatable bonds is 2. The molecule has 1 aliphatic heterocycles. The predicted octanol–water partition coefficient (Wildman–Crippen LogP) is 1.47. The topological polar surface area (TPSA) is 52.6 Å². The highest BCUT2D eigenvalue weighted by atomic mass is 16.5. The van der Waals surface area contributed by atoms with Crippen LogP contribution in [0.2, 0.25) is 0 Å². The third kappa shape index (κ3) is 1.38. The summed E-state index contributed by atoms with van der Waals surface area (Å²) < 4.78 is 10.3. The van der Waals surface area contributed by atoms with Gasteiger partial charge in [0, 0.05) is 0 Å². The summed E-state index contributed by atoms with van der Waals surface area (Å²) in [5.74, 6) is 0.524. The Kier molecular flexibility index (Phi) is 2.19. The molecule has 1 aromatic rings. The Hall–Kier alpha value is -1.84. The predicted molar refractivity (Wildman–Crippen MR) is 52.8 cm³/mol. The molecule has 0 fully saturated rings. The van der Waals surface area contributed by atoms with Crippen LogP contribution in [-0.4, -0.2) is 25.3 Å². The number of carbonyl (C=O) groups excluding carboxylic acids is 2. The highest BCUT2D eigenvalue weighted by Crippen LogP contribution is 2.36. The Balaban J connectivity index is 2.68. The Labute approximate surface area is 86.8 Å². The Bertz CT molecular complexity index is 448. The average Bonchev–Trinajstić information content (AvgIpc) is 2.58. The van der Waals surface area contributed by atoms with E-state index in [1.165, 1.54) is 14.0 Å². The molecule has 0 N–H and O–H groups in total. The fourth-order valence-electron chi connectivity index (χ4n) is 1.65. The fraction of sp³-hybridized carbons (Fsp3) is 0.273. The summed E-state index contributed by atoms with van der Waals surface area (Å²) in [5, 5.41) is 0. The normalized spacial score (nSPS) is 13.3. The van der Waals surface area contributed by atoms with Gasteiger partial charge in [-0.2, -0.15) is 0 Å². The van der Waals surface area contributed by atoms with Crippen molar-refractivity contribution in [2.24, 2.45) is 0 Å². The molecule has 0 aromatic heterocycles. The average molecular weight is 206 g/mol. The van der Waals surface area contributed by atoms with Gasteiger partial charge in [-0.25, -0.2) is 0 Å². The van der Waals surface area contributed by atoms with Gasteiger partial charge in [-0.05, 0) is 19.1 Å². The van der Waals surface area contributed by atoms with E-state index < -0.39 is 0 Å². The van der Waals surface area contributed by atoms with Crippen LogP contribution >= 0.6 is 0 Å². The van der Waals surface area contributed by atoms with Crippen molar-refractivity contribution in [1.29, 1.82) is 0 Å². The first-order chi connectivity index (χ1) is 7.15. The number of benzene rings is 1.